The zero-order chi connectivity index (χ0) is 16.7. The maximum atomic E-state index is 6.49. The lowest BCUT2D eigenvalue weighted by atomic mass is 9.87. The molecule has 0 N–H and O–H groups in total. The van der Waals surface area contributed by atoms with Crippen LogP contribution < -0.4 is 0 Å². The van der Waals surface area contributed by atoms with Crippen molar-refractivity contribution in [1.82, 2.24) is 4.90 Å². The van der Waals surface area contributed by atoms with Crippen LogP contribution in [0.15, 0.2) is 65.7 Å². The average molecular weight is 371 g/mol. The van der Waals surface area contributed by atoms with Crippen LogP contribution in [0.4, 0.5) is 0 Å². The second kappa shape index (κ2) is 7.07. The van der Waals surface area contributed by atoms with Crippen molar-refractivity contribution in [3.05, 3.63) is 82.4 Å². The molecule has 1 aliphatic rings. The molecule has 1 atom stereocenters. The van der Waals surface area contributed by atoms with E-state index in [1.807, 2.05) is 18.2 Å². The van der Waals surface area contributed by atoms with Crippen molar-refractivity contribution in [1.29, 1.82) is 0 Å². The van der Waals surface area contributed by atoms with Crippen LogP contribution in [-0.2, 0) is 6.42 Å². The highest BCUT2D eigenvalue weighted by atomic mass is 35.5. The van der Waals surface area contributed by atoms with E-state index in [0.29, 0.717) is 0 Å². The largest absolute Gasteiger partial charge is 0.366 e. The van der Waals surface area contributed by atoms with Crippen LogP contribution in [0.1, 0.15) is 22.7 Å². The van der Waals surface area contributed by atoms with E-state index in [2.05, 4.69) is 61.5 Å². The molecule has 1 aliphatic heterocycles. The number of fused-ring (bicyclic) bond motifs is 3. The minimum atomic E-state index is -0.0514. The lowest BCUT2D eigenvalue weighted by molar-refractivity contribution is 0.592. The summed E-state index contributed by atoms with van der Waals surface area (Å²) < 4.78 is 0. The van der Waals surface area contributed by atoms with Crippen molar-refractivity contribution < 1.29 is 0 Å². The Morgan fingerprint density at radius 1 is 0.920 bits per heavy atom. The quantitative estimate of drug-likeness (QED) is 0.550. The number of rotatable bonds is 1. The summed E-state index contributed by atoms with van der Waals surface area (Å²) in [6.45, 7) is 0. The highest BCUT2D eigenvalue weighted by Gasteiger charge is 2.26. The fourth-order valence-corrected chi connectivity index (χ4v) is 3.68. The van der Waals surface area contributed by atoms with Gasteiger partial charge in [-0.25, -0.2) is 0 Å². The van der Waals surface area contributed by atoms with Gasteiger partial charge >= 0.3 is 0 Å². The molecule has 25 heavy (non-hydrogen) atoms. The van der Waals surface area contributed by atoms with E-state index < -0.39 is 0 Å². The van der Waals surface area contributed by atoms with Crippen LogP contribution in [0.5, 0.6) is 0 Å². The zero-order valence-electron chi connectivity index (χ0n) is 14.2. The maximum Gasteiger partial charge on any atom is 0.104 e. The second-order valence-corrected chi connectivity index (χ2v) is 6.80. The fraction of sp³-hybridized carbons (Fsp3) is 0.190. The Morgan fingerprint density at radius 3 is 2.40 bits per heavy atom. The molecule has 0 spiro atoms. The number of hydrogen-bond donors (Lipinski definition) is 0. The summed E-state index contributed by atoms with van der Waals surface area (Å²) in [4.78, 5) is 7.12. The van der Waals surface area contributed by atoms with E-state index in [1.54, 1.807) is 0 Å². The van der Waals surface area contributed by atoms with Gasteiger partial charge in [-0.3, -0.25) is 4.99 Å². The minimum absolute atomic E-state index is 0. The van der Waals surface area contributed by atoms with Crippen LogP contribution in [0.2, 0.25) is 5.02 Å². The van der Waals surface area contributed by atoms with Crippen molar-refractivity contribution >= 4 is 40.6 Å². The fourth-order valence-electron chi connectivity index (χ4n) is 3.44. The Morgan fingerprint density at radius 2 is 1.64 bits per heavy atom. The Bertz CT molecular complexity index is 948. The van der Waals surface area contributed by atoms with E-state index in [1.165, 1.54) is 21.9 Å². The van der Waals surface area contributed by atoms with Crippen LogP contribution in [0.25, 0.3) is 10.8 Å². The predicted molar refractivity (Wildman–Crippen MR) is 109 cm³/mol. The molecule has 0 bridgehead atoms. The van der Waals surface area contributed by atoms with Gasteiger partial charge in [0, 0.05) is 25.5 Å². The Labute approximate surface area is 159 Å². The van der Waals surface area contributed by atoms with Gasteiger partial charge in [-0.1, -0.05) is 66.2 Å². The van der Waals surface area contributed by atoms with Gasteiger partial charge in [0.05, 0.1) is 0 Å². The van der Waals surface area contributed by atoms with E-state index in [-0.39, 0.29) is 18.4 Å². The third-order valence-corrected chi connectivity index (χ3v) is 5.04. The van der Waals surface area contributed by atoms with E-state index in [9.17, 15) is 0 Å². The van der Waals surface area contributed by atoms with Gasteiger partial charge in [0.15, 0.2) is 0 Å². The van der Waals surface area contributed by atoms with Gasteiger partial charge in [0.1, 0.15) is 11.9 Å². The molecule has 4 heteroatoms. The summed E-state index contributed by atoms with van der Waals surface area (Å²) in [5, 5.41) is 3.35. The summed E-state index contributed by atoms with van der Waals surface area (Å²) in [6.07, 6.45) is 0.852. The third-order valence-electron chi connectivity index (χ3n) is 4.70. The smallest absolute Gasteiger partial charge is 0.104 e. The first kappa shape index (κ1) is 17.8. The van der Waals surface area contributed by atoms with Crippen LogP contribution in [-0.4, -0.2) is 24.8 Å². The van der Waals surface area contributed by atoms with Gasteiger partial charge in [0.25, 0.3) is 0 Å². The molecule has 0 fully saturated rings. The lowest BCUT2D eigenvalue weighted by Gasteiger charge is -2.29. The molecule has 0 saturated heterocycles. The van der Waals surface area contributed by atoms with Gasteiger partial charge in [-0.2, -0.15) is 0 Å². The molecule has 4 rings (SSSR count). The normalized spacial score (nSPS) is 16.0. The summed E-state index contributed by atoms with van der Waals surface area (Å²) in [6, 6.07) is 20.9. The maximum absolute atomic E-state index is 6.49. The number of amidine groups is 1. The Hall–Kier alpha value is -2.03. The lowest BCUT2D eigenvalue weighted by Crippen LogP contribution is -2.29. The predicted octanol–water partition coefficient (Wildman–Crippen LogP) is 5.52. The van der Waals surface area contributed by atoms with Gasteiger partial charge in [0.2, 0.25) is 0 Å². The minimum Gasteiger partial charge on any atom is -0.366 e. The van der Waals surface area contributed by atoms with Crippen LogP contribution >= 0.6 is 24.0 Å². The number of halogens is 2. The first-order valence-electron chi connectivity index (χ1n) is 8.14. The number of aliphatic imine (C=N–C) groups is 1. The zero-order valence-corrected chi connectivity index (χ0v) is 15.8. The molecule has 128 valence electrons. The van der Waals surface area contributed by atoms with Gasteiger partial charge in [-0.05, 0) is 33.5 Å². The third kappa shape index (κ3) is 3.12. The first-order valence-corrected chi connectivity index (χ1v) is 8.52. The van der Waals surface area contributed by atoms with Crippen LogP contribution in [0, 0.1) is 0 Å². The summed E-state index contributed by atoms with van der Waals surface area (Å²) in [5.41, 5.74) is 3.68. The van der Waals surface area contributed by atoms with E-state index in [4.69, 9.17) is 16.6 Å². The van der Waals surface area contributed by atoms with E-state index in [0.717, 1.165) is 22.8 Å². The molecule has 3 aromatic rings. The molecule has 3 aromatic carbocycles. The number of benzene rings is 3. The molecular weight excluding hydrogens is 351 g/mol. The van der Waals surface area contributed by atoms with Gasteiger partial charge < -0.3 is 4.90 Å². The molecule has 1 heterocycles. The van der Waals surface area contributed by atoms with Crippen LogP contribution in [0.3, 0.4) is 0 Å². The van der Waals surface area contributed by atoms with Crippen molar-refractivity contribution in [2.45, 2.75) is 12.5 Å². The molecule has 1 unspecified atom stereocenters. The van der Waals surface area contributed by atoms with E-state index >= 15 is 0 Å². The number of nitrogens with zero attached hydrogens (tertiary/aromatic N) is 2. The summed E-state index contributed by atoms with van der Waals surface area (Å²) >= 11 is 6.49. The highest BCUT2D eigenvalue weighted by molar-refractivity contribution is 6.31. The first-order chi connectivity index (χ1) is 11.6. The topological polar surface area (TPSA) is 15.6 Å². The van der Waals surface area contributed by atoms with Crippen molar-refractivity contribution in [2.75, 3.05) is 14.1 Å². The monoisotopic (exact) mass is 370 g/mol. The molecule has 2 nitrogen and oxygen atoms in total. The molecule has 0 amide bonds. The number of hydrogen-bond acceptors (Lipinski definition) is 2. The number of likely N-dealkylation sites (N-methyl/N-ethyl adjacent to an activating group) is 1. The van der Waals surface area contributed by atoms with Crippen molar-refractivity contribution in [3.63, 3.8) is 0 Å². The Balaban J connectivity index is 0.00000182. The second-order valence-electron chi connectivity index (χ2n) is 6.40. The summed E-state index contributed by atoms with van der Waals surface area (Å²) in [5.74, 6) is 1.09. The molecule has 0 saturated carbocycles. The Kier molecular flexibility index (Phi) is 5.03. The molecule has 0 aromatic heterocycles. The van der Waals surface area contributed by atoms with Gasteiger partial charge in [-0.15, -0.1) is 12.4 Å². The molecule has 0 aliphatic carbocycles. The standard InChI is InChI=1S/C21H19ClN2.ClH/c1-24(2)20-13-18-15-8-4-3-7-14(15)11-12-16(18)21(23-20)17-9-5-6-10-19(17)22;/h3-12,21H,13H2,1-2H3;1H. The molecular formula is C21H20Cl2N2. The highest BCUT2D eigenvalue weighted by Crippen LogP contribution is 2.39. The van der Waals surface area contributed by atoms with Crippen molar-refractivity contribution in [3.8, 4) is 0 Å². The SMILES string of the molecule is CN(C)C1=NC(c2ccccc2Cl)c2ccc3ccccc3c2C1.Cl. The van der Waals surface area contributed by atoms with Crippen molar-refractivity contribution in [2.24, 2.45) is 4.99 Å². The summed E-state index contributed by atoms with van der Waals surface area (Å²) in [7, 11) is 4.11. The average Bonchev–Trinajstić information content (AvgIpc) is 2.61. The molecule has 0 radical (unpaired) electrons.